The molecule has 2 aliphatic heterocycles. The Kier molecular flexibility index (Phi) is 3.52. The van der Waals surface area contributed by atoms with Crippen LogP contribution in [0, 0.1) is 16.0 Å². The quantitative estimate of drug-likeness (QED) is 0.609. The standard InChI is InChI=1S/C13H15NO2S2/c15-14(16)11-4-2-1-3-9(11)13-10-5-7-17-12(10)6-8-18-13/h1-4,10,12-13H,5-8H2/t10-,12-,13-/m0/s1. The average Bonchev–Trinajstić information content (AvgIpc) is 2.86. The van der Waals surface area contributed by atoms with Gasteiger partial charge in [-0.2, -0.15) is 23.5 Å². The Bertz CT molecular complexity index is 466. The fourth-order valence-corrected chi connectivity index (χ4v) is 6.34. The fourth-order valence-electron chi connectivity index (χ4n) is 2.96. The lowest BCUT2D eigenvalue weighted by atomic mass is 9.90. The SMILES string of the molecule is O=[N+]([O-])c1ccccc1[C@@H]1SCC[C@@H]2SCC[C@@H]21. The lowest BCUT2D eigenvalue weighted by molar-refractivity contribution is -0.385. The molecule has 0 spiro atoms. The minimum Gasteiger partial charge on any atom is -0.258 e. The molecule has 5 heteroatoms. The number of hydrogen-bond acceptors (Lipinski definition) is 4. The van der Waals surface area contributed by atoms with Crippen LogP contribution in [0.15, 0.2) is 24.3 Å². The molecule has 1 aromatic rings. The van der Waals surface area contributed by atoms with Crippen LogP contribution < -0.4 is 0 Å². The van der Waals surface area contributed by atoms with Gasteiger partial charge in [-0.3, -0.25) is 10.1 Å². The van der Waals surface area contributed by atoms with Crippen molar-refractivity contribution in [1.29, 1.82) is 0 Å². The Labute approximate surface area is 115 Å². The van der Waals surface area contributed by atoms with Crippen LogP contribution in [0.3, 0.4) is 0 Å². The van der Waals surface area contributed by atoms with Gasteiger partial charge in [0.05, 0.1) is 4.92 Å². The monoisotopic (exact) mass is 281 g/mol. The summed E-state index contributed by atoms with van der Waals surface area (Å²) in [6, 6.07) is 7.27. The second kappa shape index (κ2) is 5.13. The molecule has 2 heterocycles. The summed E-state index contributed by atoms with van der Waals surface area (Å²) >= 11 is 3.96. The predicted octanol–water partition coefficient (Wildman–Crippen LogP) is 3.89. The van der Waals surface area contributed by atoms with E-state index in [1.807, 2.05) is 23.9 Å². The third kappa shape index (κ3) is 2.14. The lowest BCUT2D eigenvalue weighted by Gasteiger charge is -2.32. The normalized spacial score (nSPS) is 31.0. The third-order valence-corrected chi connectivity index (χ3v) is 6.71. The van der Waals surface area contributed by atoms with Crippen LogP contribution in [0.1, 0.15) is 23.7 Å². The Morgan fingerprint density at radius 2 is 1.94 bits per heavy atom. The van der Waals surface area contributed by atoms with E-state index in [0.717, 1.165) is 16.6 Å². The second-order valence-electron chi connectivity index (χ2n) is 4.76. The molecule has 0 bridgehead atoms. The summed E-state index contributed by atoms with van der Waals surface area (Å²) in [5.41, 5.74) is 1.23. The zero-order valence-electron chi connectivity index (χ0n) is 9.95. The number of hydrogen-bond donors (Lipinski definition) is 0. The average molecular weight is 281 g/mol. The molecule has 2 fully saturated rings. The molecule has 0 amide bonds. The topological polar surface area (TPSA) is 43.1 Å². The van der Waals surface area contributed by atoms with Gasteiger partial charge in [0.25, 0.3) is 5.69 Å². The highest BCUT2D eigenvalue weighted by atomic mass is 32.2. The summed E-state index contributed by atoms with van der Waals surface area (Å²) in [7, 11) is 0. The van der Waals surface area contributed by atoms with Crippen LogP contribution in [0.2, 0.25) is 0 Å². The van der Waals surface area contributed by atoms with Crippen LogP contribution in [-0.2, 0) is 0 Å². The summed E-state index contributed by atoms with van der Waals surface area (Å²) < 4.78 is 0. The summed E-state index contributed by atoms with van der Waals surface area (Å²) in [5.74, 6) is 2.97. The minimum atomic E-state index is -0.235. The van der Waals surface area contributed by atoms with Gasteiger partial charge in [-0.25, -0.2) is 0 Å². The molecular weight excluding hydrogens is 266 g/mol. The van der Waals surface area contributed by atoms with Gasteiger partial charge in [-0.15, -0.1) is 0 Å². The Morgan fingerprint density at radius 1 is 1.17 bits per heavy atom. The van der Waals surface area contributed by atoms with Crippen molar-refractivity contribution >= 4 is 29.2 Å². The third-order valence-electron chi connectivity index (χ3n) is 3.79. The first-order valence-corrected chi connectivity index (χ1v) is 8.33. The molecule has 0 unspecified atom stereocenters. The van der Waals surface area contributed by atoms with Crippen LogP contribution in [-0.4, -0.2) is 21.7 Å². The first-order valence-electron chi connectivity index (χ1n) is 6.24. The summed E-state index contributed by atoms with van der Waals surface area (Å²) in [6.45, 7) is 0. The second-order valence-corrected chi connectivity index (χ2v) is 7.35. The molecule has 0 aromatic heterocycles. The molecule has 96 valence electrons. The highest BCUT2D eigenvalue weighted by Gasteiger charge is 2.40. The van der Waals surface area contributed by atoms with E-state index in [2.05, 4.69) is 11.8 Å². The van der Waals surface area contributed by atoms with Crippen LogP contribution in [0.5, 0.6) is 0 Å². The predicted molar refractivity (Wildman–Crippen MR) is 77.3 cm³/mol. The first-order chi connectivity index (χ1) is 8.77. The van der Waals surface area contributed by atoms with E-state index >= 15 is 0 Å². The number of nitro benzene ring substituents is 1. The van der Waals surface area contributed by atoms with E-state index in [9.17, 15) is 10.1 Å². The van der Waals surface area contributed by atoms with Gasteiger partial charge in [0, 0.05) is 22.1 Å². The highest BCUT2D eigenvalue weighted by molar-refractivity contribution is 8.01. The van der Waals surface area contributed by atoms with Crippen molar-refractivity contribution in [1.82, 2.24) is 0 Å². The van der Waals surface area contributed by atoms with E-state index in [1.54, 1.807) is 12.1 Å². The number of nitrogens with zero attached hydrogens (tertiary/aromatic N) is 1. The molecule has 2 aliphatic rings. The van der Waals surface area contributed by atoms with Crippen molar-refractivity contribution in [3.8, 4) is 0 Å². The van der Waals surface area contributed by atoms with E-state index in [1.165, 1.54) is 18.6 Å². The smallest absolute Gasteiger partial charge is 0.258 e. The van der Waals surface area contributed by atoms with Crippen molar-refractivity contribution in [2.45, 2.75) is 23.3 Å². The number of nitro groups is 1. The highest BCUT2D eigenvalue weighted by Crippen LogP contribution is 2.53. The number of benzene rings is 1. The maximum atomic E-state index is 11.1. The maximum absolute atomic E-state index is 11.1. The molecule has 0 saturated carbocycles. The van der Waals surface area contributed by atoms with Crippen molar-refractivity contribution in [3.63, 3.8) is 0 Å². The molecule has 2 saturated heterocycles. The Balaban J connectivity index is 1.96. The zero-order chi connectivity index (χ0) is 12.5. The van der Waals surface area contributed by atoms with Gasteiger partial charge < -0.3 is 0 Å². The maximum Gasteiger partial charge on any atom is 0.273 e. The van der Waals surface area contributed by atoms with Crippen molar-refractivity contribution in [2.75, 3.05) is 11.5 Å². The van der Waals surface area contributed by atoms with E-state index in [4.69, 9.17) is 0 Å². The van der Waals surface area contributed by atoms with Crippen molar-refractivity contribution in [3.05, 3.63) is 39.9 Å². The summed E-state index contributed by atoms with van der Waals surface area (Å²) in [6.07, 6.45) is 2.47. The number of thioether (sulfide) groups is 2. The zero-order valence-corrected chi connectivity index (χ0v) is 11.6. The Hall–Kier alpha value is -0.680. The molecule has 0 radical (unpaired) electrons. The number of rotatable bonds is 2. The Morgan fingerprint density at radius 3 is 2.78 bits per heavy atom. The molecule has 18 heavy (non-hydrogen) atoms. The molecule has 0 aliphatic carbocycles. The van der Waals surface area contributed by atoms with Gasteiger partial charge >= 0.3 is 0 Å². The van der Waals surface area contributed by atoms with Gasteiger partial charge in [0.1, 0.15) is 0 Å². The van der Waals surface area contributed by atoms with Crippen molar-refractivity contribution < 1.29 is 4.92 Å². The molecule has 3 atom stereocenters. The summed E-state index contributed by atoms with van der Waals surface area (Å²) in [5, 5.41) is 12.2. The molecule has 3 nitrogen and oxygen atoms in total. The molecule has 1 aromatic carbocycles. The van der Waals surface area contributed by atoms with Crippen LogP contribution in [0.25, 0.3) is 0 Å². The van der Waals surface area contributed by atoms with Crippen LogP contribution in [0.4, 0.5) is 5.69 Å². The minimum absolute atomic E-state index is 0.235. The lowest BCUT2D eigenvalue weighted by Crippen LogP contribution is -2.24. The summed E-state index contributed by atoms with van der Waals surface area (Å²) in [4.78, 5) is 10.9. The van der Waals surface area contributed by atoms with Crippen LogP contribution >= 0.6 is 23.5 Å². The van der Waals surface area contributed by atoms with Gasteiger partial charge in [-0.1, -0.05) is 18.2 Å². The van der Waals surface area contributed by atoms with E-state index in [-0.39, 0.29) is 4.92 Å². The largest absolute Gasteiger partial charge is 0.273 e. The van der Waals surface area contributed by atoms with Gasteiger partial charge in [-0.05, 0) is 30.3 Å². The molecular formula is C13H15NO2S2. The van der Waals surface area contributed by atoms with Crippen molar-refractivity contribution in [2.24, 2.45) is 5.92 Å². The first kappa shape index (κ1) is 12.4. The van der Waals surface area contributed by atoms with Gasteiger partial charge in [0.2, 0.25) is 0 Å². The van der Waals surface area contributed by atoms with E-state index < -0.39 is 0 Å². The fraction of sp³-hybridized carbons (Fsp3) is 0.538. The molecule has 0 N–H and O–H groups in total. The molecule has 3 rings (SSSR count). The van der Waals surface area contributed by atoms with Gasteiger partial charge in [0.15, 0.2) is 0 Å². The number of fused-ring (bicyclic) bond motifs is 1. The van der Waals surface area contributed by atoms with E-state index in [0.29, 0.717) is 16.9 Å². The number of para-hydroxylation sites is 1.